The van der Waals surface area contributed by atoms with E-state index in [0.29, 0.717) is 12.6 Å². The van der Waals surface area contributed by atoms with Gasteiger partial charge in [0.1, 0.15) is 5.82 Å². The highest BCUT2D eigenvalue weighted by Gasteiger charge is 2.17. The molecule has 5 heteroatoms. The van der Waals surface area contributed by atoms with Crippen molar-refractivity contribution >= 4 is 28.3 Å². The molecule has 0 amide bonds. The van der Waals surface area contributed by atoms with E-state index in [1.54, 1.807) is 6.07 Å². The topological polar surface area (TPSA) is 15.3 Å². The molecule has 1 N–H and O–H groups in total. The largest absolute Gasteiger partial charge is 0.312 e. The predicted molar refractivity (Wildman–Crippen MR) is 74.1 cm³/mol. The smallest absolute Gasteiger partial charge is 0.128 e. The summed E-state index contributed by atoms with van der Waals surface area (Å²) in [5.41, 5.74) is 0.761. The van der Waals surface area contributed by atoms with Crippen LogP contribution in [0, 0.1) is 5.82 Å². The summed E-state index contributed by atoms with van der Waals surface area (Å²) >= 11 is 3.41. The summed E-state index contributed by atoms with van der Waals surface area (Å²) in [6.07, 6.45) is 0. The van der Waals surface area contributed by atoms with Gasteiger partial charge < -0.3 is 5.32 Å². The summed E-state index contributed by atoms with van der Waals surface area (Å²) in [7, 11) is 0. The molecule has 1 aliphatic heterocycles. The maximum atomic E-state index is 13.6. The van der Waals surface area contributed by atoms with Crippen molar-refractivity contribution in [1.29, 1.82) is 0 Å². The van der Waals surface area contributed by atoms with Crippen molar-refractivity contribution in [2.45, 2.75) is 19.5 Å². The van der Waals surface area contributed by atoms with Crippen molar-refractivity contribution in [3.05, 3.63) is 34.1 Å². The first-order chi connectivity index (χ1) is 7.66. The Balaban J connectivity index is 0.00000144. The molecular formula is C12H17BrClFN2. The van der Waals surface area contributed by atoms with Gasteiger partial charge in [-0.05, 0) is 19.1 Å². The molecule has 1 unspecified atom stereocenters. The standard InChI is InChI=1S/C12H16BrFN2.ClH/c1-9-7-16(6-5-15-9)8-10-11(13)3-2-4-12(10)14;/h2-4,9,15H,5-8H2,1H3;1H. The molecule has 1 fully saturated rings. The van der Waals surface area contributed by atoms with Crippen molar-refractivity contribution in [3.63, 3.8) is 0 Å². The van der Waals surface area contributed by atoms with Crippen LogP contribution in [-0.2, 0) is 6.54 Å². The molecule has 0 aliphatic carbocycles. The normalized spacial score (nSPS) is 21.0. The number of halogens is 3. The zero-order valence-electron chi connectivity index (χ0n) is 9.75. The van der Waals surface area contributed by atoms with Crippen LogP contribution in [0.1, 0.15) is 12.5 Å². The summed E-state index contributed by atoms with van der Waals surface area (Å²) in [4.78, 5) is 2.28. The van der Waals surface area contributed by atoms with Crippen LogP contribution in [0.5, 0.6) is 0 Å². The Kier molecular flexibility index (Phi) is 5.86. The van der Waals surface area contributed by atoms with Gasteiger partial charge in [-0.3, -0.25) is 4.90 Å². The van der Waals surface area contributed by atoms with E-state index in [1.165, 1.54) is 6.07 Å². The third-order valence-corrected chi connectivity index (χ3v) is 3.64. The van der Waals surface area contributed by atoms with E-state index in [0.717, 1.165) is 29.7 Å². The molecule has 1 aromatic rings. The van der Waals surface area contributed by atoms with Gasteiger partial charge in [-0.15, -0.1) is 12.4 Å². The van der Waals surface area contributed by atoms with E-state index < -0.39 is 0 Å². The molecule has 96 valence electrons. The van der Waals surface area contributed by atoms with Gasteiger partial charge in [0.15, 0.2) is 0 Å². The number of benzene rings is 1. The van der Waals surface area contributed by atoms with Crippen LogP contribution in [0.25, 0.3) is 0 Å². The highest BCUT2D eigenvalue weighted by atomic mass is 79.9. The van der Waals surface area contributed by atoms with Gasteiger partial charge in [0.2, 0.25) is 0 Å². The Morgan fingerprint density at radius 3 is 2.94 bits per heavy atom. The minimum absolute atomic E-state index is 0. The SMILES string of the molecule is CC1CN(Cc2c(F)cccc2Br)CCN1.Cl. The van der Waals surface area contributed by atoms with Crippen molar-refractivity contribution in [2.24, 2.45) is 0 Å². The first kappa shape index (κ1) is 14.9. The highest BCUT2D eigenvalue weighted by molar-refractivity contribution is 9.10. The number of hydrogen-bond donors (Lipinski definition) is 1. The van der Waals surface area contributed by atoms with E-state index in [9.17, 15) is 4.39 Å². The number of rotatable bonds is 2. The predicted octanol–water partition coefficient (Wildman–Crippen LogP) is 2.80. The second-order valence-corrected chi connectivity index (χ2v) is 5.14. The molecule has 0 spiro atoms. The van der Waals surface area contributed by atoms with E-state index in [-0.39, 0.29) is 18.2 Å². The summed E-state index contributed by atoms with van der Waals surface area (Å²) in [6.45, 7) is 5.76. The Morgan fingerprint density at radius 1 is 1.53 bits per heavy atom. The zero-order valence-corrected chi connectivity index (χ0v) is 12.2. The molecule has 0 bridgehead atoms. The fourth-order valence-corrected chi connectivity index (χ4v) is 2.53. The lowest BCUT2D eigenvalue weighted by molar-refractivity contribution is 0.197. The second-order valence-electron chi connectivity index (χ2n) is 4.29. The fraction of sp³-hybridized carbons (Fsp3) is 0.500. The zero-order chi connectivity index (χ0) is 11.5. The molecule has 1 atom stereocenters. The van der Waals surface area contributed by atoms with Crippen molar-refractivity contribution < 1.29 is 4.39 Å². The van der Waals surface area contributed by atoms with Gasteiger partial charge >= 0.3 is 0 Å². The monoisotopic (exact) mass is 322 g/mol. The van der Waals surface area contributed by atoms with Gasteiger partial charge in [-0.2, -0.15) is 0 Å². The van der Waals surface area contributed by atoms with Crippen LogP contribution in [0.3, 0.4) is 0 Å². The lowest BCUT2D eigenvalue weighted by Crippen LogP contribution is -2.48. The maximum Gasteiger partial charge on any atom is 0.128 e. The lowest BCUT2D eigenvalue weighted by atomic mass is 10.1. The summed E-state index contributed by atoms with van der Waals surface area (Å²) < 4.78 is 14.5. The number of nitrogens with one attached hydrogen (secondary N) is 1. The average molecular weight is 324 g/mol. The third-order valence-electron chi connectivity index (χ3n) is 2.90. The molecule has 2 rings (SSSR count). The molecule has 1 saturated heterocycles. The lowest BCUT2D eigenvalue weighted by Gasteiger charge is -2.32. The maximum absolute atomic E-state index is 13.6. The first-order valence-electron chi connectivity index (χ1n) is 5.55. The summed E-state index contributed by atoms with van der Waals surface area (Å²) in [5, 5.41) is 3.38. The van der Waals surface area contributed by atoms with Crippen molar-refractivity contribution in [2.75, 3.05) is 19.6 Å². The molecule has 1 aliphatic rings. The van der Waals surface area contributed by atoms with Crippen LogP contribution >= 0.6 is 28.3 Å². The van der Waals surface area contributed by atoms with Crippen LogP contribution in [0.4, 0.5) is 4.39 Å². The highest BCUT2D eigenvalue weighted by Crippen LogP contribution is 2.21. The van der Waals surface area contributed by atoms with Crippen LogP contribution in [0.2, 0.25) is 0 Å². The molecule has 1 heterocycles. The Bertz CT molecular complexity index is 355. The number of nitrogens with zero attached hydrogens (tertiary/aromatic N) is 1. The number of piperazine rings is 1. The van der Waals surface area contributed by atoms with Crippen molar-refractivity contribution in [1.82, 2.24) is 10.2 Å². The van der Waals surface area contributed by atoms with Crippen LogP contribution < -0.4 is 5.32 Å². The second kappa shape index (κ2) is 6.69. The molecule has 0 radical (unpaired) electrons. The molecule has 17 heavy (non-hydrogen) atoms. The Morgan fingerprint density at radius 2 is 2.29 bits per heavy atom. The van der Waals surface area contributed by atoms with Crippen molar-refractivity contribution in [3.8, 4) is 0 Å². The van der Waals surface area contributed by atoms with Gasteiger partial charge in [-0.25, -0.2) is 4.39 Å². The molecule has 1 aromatic carbocycles. The quantitative estimate of drug-likeness (QED) is 0.900. The summed E-state index contributed by atoms with van der Waals surface area (Å²) in [6, 6.07) is 5.62. The van der Waals surface area contributed by atoms with Gasteiger partial charge in [0, 0.05) is 42.3 Å². The van der Waals surface area contributed by atoms with E-state index in [1.807, 2.05) is 6.07 Å². The Hall–Kier alpha value is -0.160. The fourth-order valence-electron chi connectivity index (χ4n) is 2.06. The average Bonchev–Trinajstić information content (AvgIpc) is 2.24. The first-order valence-corrected chi connectivity index (χ1v) is 6.35. The van der Waals surface area contributed by atoms with Crippen LogP contribution in [0.15, 0.2) is 22.7 Å². The van der Waals surface area contributed by atoms with E-state index in [2.05, 4.69) is 33.1 Å². The Labute approximate surface area is 116 Å². The molecule has 2 nitrogen and oxygen atoms in total. The van der Waals surface area contributed by atoms with E-state index in [4.69, 9.17) is 0 Å². The molecular weight excluding hydrogens is 307 g/mol. The van der Waals surface area contributed by atoms with Gasteiger partial charge in [0.05, 0.1) is 0 Å². The van der Waals surface area contributed by atoms with Crippen LogP contribution in [-0.4, -0.2) is 30.6 Å². The van der Waals surface area contributed by atoms with E-state index >= 15 is 0 Å². The van der Waals surface area contributed by atoms with Gasteiger partial charge in [-0.1, -0.05) is 22.0 Å². The summed E-state index contributed by atoms with van der Waals surface area (Å²) in [5.74, 6) is -0.124. The minimum Gasteiger partial charge on any atom is -0.312 e. The molecule has 0 aromatic heterocycles. The molecule has 0 saturated carbocycles. The minimum atomic E-state index is -0.124. The number of hydrogen-bond acceptors (Lipinski definition) is 2. The van der Waals surface area contributed by atoms with Gasteiger partial charge in [0.25, 0.3) is 0 Å². The third kappa shape index (κ3) is 3.91.